The Morgan fingerprint density at radius 2 is 1.93 bits per heavy atom. The molecule has 14 heavy (non-hydrogen) atoms. The fourth-order valence-corrected chi connectivity index (χ4v) is 1.38. The van der Waals surface area contributed by atoms with Gasteiger partial charge < -0.3 is 4.74 Å². The Morgan fingerprint density at radius 3 is 2.36 bits per heavy atom. The van der Waals surface area contributed by atoms with Gasteiger partial charge in [-0.3, -0.25) is 0 Å². The summed E-state index contributed by atoms with van der Waals surface area (Å²) in [5, 5.41) is 0. The van der Waals surface area contributed by atoms with Gasteiger partial charge in [0, 0.05) is 6.08 Å². The quantitative estimate of drug-likeness (QED) is 0.500. The number of ether oxygens (including phenoxy) is 1. The number of hydrogen-bond donors (Lipinski definition) is 0. The highest BCUT2D eigenvalue weighted by Crippen LogP contribution is 2.30. The summed E-state index contributed by atoms with van der Waals surface area (Å²) in [4.78, 5) is 11.2. The molecular weight excluding hydrogens is 176 g/mol. The van der Waals surface area contributed by atoms with Gasteiger partial charge in [0.2, 0.25) is 0 Å². The first kappa shape index (κ1) is 13.2. The molecule has 0 rings (SSSR count). The monoisotopic (exact) mass is 198 g/mol. The number of carbonyl (C=O) groups excluding carboxylic acids is 1. The average Bonchev–Trinajstić information content (AvgIpc) is 2.04. The molecule has 0 bridgehead atoms. The van der Waals surface area contributed by atoms with Gasteiger partial charge in [-0.25, -0.2) is 4.79 Å². The highest BCUT2D eigenvalue weighted by Gasteiger charge is 2.19. The van der Waals surface area contributed by atoms with E-state index in [1.807, 2.05) is 13.8 Å². The van der Waals surface area contributed by atoms with Crippen molar-refractivity contribution < 1.29 is 9.53 Å². The van der Waals surface area contributed by atoms with E-state index in [2.05, 4.69) is 20.8 Å². The Hall–Kier alpha value is -0.790. The maximum Gasteiger partial charge on any atom is 0.330 e. The maximum absolute atomic E-state index is 11.2. The molecule has 82 valence electrons. The molecule has 0 atom stereocenters. The van der Waals surface area contributed by atoms with Crippen LogP contribution in [0.4, 0.5) is 0 Å². The lowest BCUT2D eigenvalue weighted by molar-refractivity contribution is -0.137. The van der Waals surface area contributed by atoms with E-state index in [9.17, 15) is 4.79 Å². The minimum Gasteiger partial charge on any atom is -0.463 e. The highest BCUT2D eigenvalue weighted by molar-refractivity contribution is 5.82. The van der Waals surface area contributed by atoms with Crippen LogP contribution in [0.25, 0.3) is 0 Å². The van der Waals surface area contributed by atoms with Crippen LogP contribution in [-0.4, -0.2) is 12.6 Å². The fourth-order valence-electron chi connectivity index (χ4n) is 1.38. The minimum atomic E-state index is -0.228. The minimum absolute atomic E-state index is 0.0987. The zero-order valence-electron chi connectivity index (χ0n) is 10.0. The molecule has 0 aliphatic heterocycles. The molecule has 0 radical (unpaired) electrons. The van der Waals surface area contributed by atoms with Crippen molar-refractivity contribution in [2.75, 3.05) is 6.61 Å². The van der Waals surface area contributed by atoms with E-state index >= 15 is 0 Å². The zero-order chi connectivity index (χ0) is 11.2. The molecule has 2 heteroatoms. The zero-order valence-corrected chi connectivity index (χ0v) is 10.0. The van der Waals surface area contributed by atoms with Gasteiger partial charge in [0.1, 0.15) is 0 Å². The Labute approximate surface area is 87.3 Å². The van der Waals surface area contributed by atoms with E-state index in [-0.39, 0.29) is 11.4 Å². The van der Waals surface area contributed by atoms with Crippen molar-refractivity contribution in [1.29, 1.82) is 0 Å². The molecule has 0 heterocycles. The van der Waals surface area contributed by atoms with Crippen LogP contribution in [0.2, 0.25) is 0 Å². The van der Waals surface area contributed by atoms with Crippen molar-refractivity contribution in [2.45, 2.75) is 47.5 Å². The molecule has 0 fully saturated rings. The third kappa shape index (κ3) is 4.45. The molecule has 0 aliphatic rings. The average molecular weight is 198 g/mol. The van der Waals surface area contributed by atoms with Crippen LogP contribution < -0.4 is 0 Å². The lowest BCUT2D eigenvalue weighted by Gasteiger charge is -2.24. The van der Waals surface area contributed by atoms with Crippen LogP contribution in [0.3, 0.4) is 0 Å². The van der Waals surface area contributed by atoms with E-state index in [1.54, 1.807) is 6.08 Å². The van der Waals surface area contributed by atoms with E-state index in [1.165, 1.54) is 0 Å². The normalized spacial score (nSPS) is 12.8. The SMILES string of the molecule is CCCC(C)(C)/C(C)=C/C(=O)OCC. The molecule has 0 N–H and O–H groups in total. The topological polar surface area (TPSA) is 26.3 Å². The van der Waals surface area contributed by atoms with Crippen LogP contribution in [-0.2, 0) is 9.53 Å². The van der Waals surface area contributed by atoms with Gasteiger partial charge in [0.25, 0.3) is 0 Å². The summed E-state index contributed by atoms with van der Waals surface area (Å²) in [6.45, 7) is 10.7. The largest absolute Gasteiger partial charge is 0.463 e. The Balaban J connectivity index is 4.42. The summed E-state index contributed by atoms with van der Waals surface area (Å²) in [5.74, 6) is -0.228. The molecule has 0 spiro atoms. The number of rotatable bonds is 5. The lowest BCUT2D eigenvalue weighted by atomic mass is 9.81. The van der Waals surface area contributed by atoms with Gasteiger partial charge in [-0.1, -0.05) is 32.8 Å². The van der Waals surface area contributed by atoms with Crippen LogP contribution in [0.1, 0.15) is 47.5 Å². The van der Waals surface area contributed by atoms with Gasteiger partial charge in [-0.2, -0.15) is 0 Å². The van der Waals surface area contributed by atoms with Crippen LogP contribution in [0, 0.1) is 5.41 Å². The second-order valence-corrected chi connectivity index (χ2v) is 4.21. The van der Waals surface area contributed by atoms with E-state index in [4.69, 9.17) is 4.74 Å². The first-order valence-electron chi connectivity index (χ1n) is 5.29. The molecule has 0 aliphatic carbocycles. The van der Waals surface area contributed by atoms with Crippen LogP contribution in [0.5, 0.6) is 0 Å². The van der Waals surface area contributed by atoms with Crippen molar-refractivity contribution in [1.82, 2.24) is 0 Å². The number of allylic oxidation sites excluding steroid dienone is 1. The van der Waals surface area contributed by atoms with Gasteiger partial charge in [0.15, 0.2) is 0 Å². The molecule has 0 aromatic carbocycles. The summed E-state index contributed by atoms with van der Waals surface area (Å²) < 4.78 is 4.87. The van der Waals surface area contributed by atoms with Gasteiger partial charge in [-0.05, 0) is 25.7 Å². The molecule has 2 nitrogen and oxygen atoms in total. The van der Waals surface area contributed by atoms with E-state index < -0.39 is 0 Å². The van der Waals surface area contributed by atoms with Crippen molar-refractivity contribution >= 4 is 5.97 Å². The summed E-state index contributed by atoms with van der Waals surface area (Å²) in [5.41, 5.74) is 1.19. The highest BCUT2D eigenvalue weighted by atomic mass is 16.5. The fraction of sp³-hybridized carbons (Fsp3) is 0.750. The van der Waals surface area contributed by atoms with E-state index in [0.29, 0.717) is 6.61 Å². The van der Waals surface area contributed by atoms with Crippen LogP contribution in [0.15, 0.2) is 11.6 Å². The Morgan fingerprint density at radius 1 is 1.36 bits per heavy atom. The Bertz CT molecular complexity index is 214. The first-order chi connectivity index (χ1) is 6.44. The predicted molar refractivity (Wildman–Crippen MR) is 59.1 cm³/mol. The molecule has 0 aromatic heterocycles. The molecular formula is C12H22O2. The smallest absolute Gasteiger partial charge is 0.330 e. The van der Waals surface area contributed by atoms with Crippen LogP contribution >= 0.6 is 0 Å². The predicted octanol–water partition coefficient (Wildman–Crippen LogP) is 3.32. The number of esters is 1. The summed E-state index contributed by atoms with van der Waals surface area (Å²) in [6.07, 6.45) is 3.83. The molecule has 0 saturated carbocycles. The van der Waals surface area contributed by atoms with Crippen molar-refractivity contribution in [2.24, 2.45) is 5.41 Å². The first-order valence-corrected chi connectivity index (χ1v) is 5.29. The Kier molecular flexibility index (Phi) is 5.51. The third-order valence-electron chi connectivity index (χ3n) is 2.56. The second-order valence-electron chi connectivity index (χ2n) is 4.21. The summed E-state index contributed by atoms with van der Waals surface area (Å²) in [6, 6.07) is 0. The van der Waals surface area contributed by atoms with Gasteiger partial charge >= 0.3 is 5.97 Å². The molecule has 0 saturated heterocycles. The second kappa shape index (κ2) is 5.84. The third-order valence-corrected chi connectivity index (χ3v) is 2.56. The van der Waals surface area contributed by atoms with Gasteiger partial charge in [0.05, 0.1) is 6.61 Å². The van der Waals surface area contributed by atoms with E-state index in [0.717, 1.165) is 18.4 Å². The molecule has 0 amide bonds. The summed E-state index contributed by atoms with van der Waals surface area (Å²) in [7, 11) is 0. The summed E-state index contributed by atoms with van der Waals surface area (Å²) >= 11 is 0. The van der Waals surface area contributed by atoms with Crippen molar-refractivity contribution in [3.63, 3.8) is 0 Å². The maximum atomic E-state index is 11.2. The molecule has 0 unspecified atom stereocenters. The standard InChI is InChI=1S/C12H22O2/c1-6-8-12(4,5)10(3)9-11(13)14-7-2/h9H,6-8H2,1-5H3/b10-9+. The molecule has 0 aromatic rings. The van der Waals surface area contributed by atoms with Crippen molar-refractivity contribution in [3.8, 4) is 0 Å². The number of carbonyl (C=O) groups is 1. The number of hydrogen-bond acceptors (Lipinski definition) is 2. The van der Waals surface area contributed by atoms with Gasteiger partial charge in [-0.15, -0.1) is 0 Å². The lowest BCUT2D eigenvalue weighted by Crippen LogP contribution is -2.14. The van der Waals surface area contributed by atoms with Crippen molar-refractivity contribution in [3.05, 3.63) is 11.6 Å².